The summed E-state index contributed by atoms with van der Waals surface area (Å²) in [5, 5.41) is 3.07. The smallest absolute Gasteiger partial charge is 0.193 e. The third-order valence-electron chi connectivity index (χ3n) is 3.72. The Morgan fingerprint density at radius 3 is 2.59 bits per heavy atom. The van der Waals surface area contributed by atoms with E-state index in [1.54, 1.807) is 0 Å². The maximum absolute atomic E-state index is 5.89. The topological polar surface area (TPSA) is 66.5 Å². The molecule has 0 amide bonds. The first-order valence-corrected chi connectivity index (χ1v) is 7.63. The summed E-state index contributed by atoms with van der Waals surface area (Å²) >= 11 is 0. The normalized spacial score (nSPS) is 15.1. The van der Waals surface area contributed by atoms with E-state index in [0.29, 0.717) is 12.5 Å². The summed E-state index contributed by atoms with van der Waals surface area (Å²) in [6.07, 6.45) is 4.40. The van der Waals surface area contributed by atoms with Gasteiger partial charge in [-0.2, -0.15) is 0 Å². The minimum atomic E-state index is 0.412. The highest BCUT2D eigenvalue weighted by atomic mass is 15.2. The van der Waals surface area contributed by atoms with Crippen molar-refractivity contribution < 1.29 is 0 Å². The summed E-state index contributed by atoms with van der Waals surface area (Å²) in [4.78, 5) is 11.2. The first kappa shape index (κ1) is 14.4. The zero-order valence-corrected chi connectivity index (χ0v) is 12.6. The van der Waals surface area contributed by atoms with Crippen molar-refractivity contribution in [2.45, 2.75) is 19.4 Å². The summed E-state index contributed by atoms with van der Waals surface area (Å²) in [5.41, 5.74) is 7.89. The first-order valence-electron chi connectivity index (χ1n) is 7.63. The lowest BCUT2D eigenvalue weighted by molar-refractivity contribution is 0.929. The number of hydrogen-bond donors (Lipinski definition) is 2. The van der Waals surface area contributed by atoms with E-state index >= 15 is 0 Å². The van der Waals surface area contributed by atoms with Crippen LogP contribution in [0.25, 0.3) is 0 Å². The van der Waals surface area contributed by atoms with Crippen molar-refractivity contribution in [1.29, 1.82) is 0 Å². The number of anilines is 2. The zero-order chi connectivity index (χ0) is 15.2. The Morgan fingerprint density at radius 2 is 1.91 bits per heavy atom. The van der Waals surface area contributed by atoms with E-state index in [2.05, 4.69) is 32.3 Å². The van der Waals surface area contributed by atoms with Crippen LogP contribution in [0.3, 0.4) is 0 Å². The molecule has 22 heavy (non-hydrogen) atoms. The summed E-state index contributed by atoms with van der Waals surface area (Å²) in [6.45, 7) is 2.75. The van der Waals surface area contributed by atoms with Crippen molar-refractivity contribution in [3.8, 4) is 0 Å². The fourth-order valence-corrected chi connectivity index (χ4v) is 2.53. The molecule has 5 heteroatoms. The van der Waals surface area contributed by atoms with Gasteiger partial charge in [0.05, 0.1) is 6.54 Å². The fourth-order valence-electron chi connectivity index (χ4n) is 2.53. The van der Waals surface area contributed by atoms with E-state index in [1.807, 2.05) is 36.5 Å². The van der Waals surface area contributed by atoms with Crippen LogP contribution in [-0.4, -0.2) is 24.0 Å². The molecular formula is C17H21N5. The van der Waals surface area contributed by atoms with Gasteiger partial charge in [0, 0.05) is 25.0 Å². The van der Waals surface area contributed by atoms with Crippen molar-refractivity contribution in [1.82, 2.24) is 4.98 Å². The van der Waals surface area contributed by atoms with Crippen molar-refractivity contribution in [2.75, 3.05) is 23.3 Å². The van der Waals surface area contributed by atoms with E-state index in [4.69, 9.17) is 5.73 Å². The molecule has 2 heterocycles. The summed E-state index contributed by atoms with van der Waals surface area (Å²) < 4.78 is 0. The van der Waals surface area contributed by atoms with Crippen LogP contribution in [0.15, 0.2) is 53.7 Å². The Balaban J connectivity index is 1.57. The summed E-state index contributed by atoms with van der Waals surface area (Å²) in [7, 11) is 0. The second-order valence-corrected chi connectivity index (χ2v) is 5.41. The van der Waals surface area contributed by atoms with Gasteiger partial charge in [-0.05, 0) is 36.6 Å². The highest BCUT2D eigenvalue weighted by Crippen LogP contribution is 2.17. The molecule has 0 atom stereocenters. The van der Waals surface area contributed by atoms with E-state index in [0.717, 1.165) is 30.2 Å². The van der Waals surface area contributed by atoms with E-state index in [9.17, 15) is 0 Å². The molecule has 1 fully saturated rings. The van der Waals surface area contributed by atoms with Crippen LogP contribution < -0.4 is 16.0 Å². The SMILES string of the molecule is NC(=NCc1ccc(N2CCCC2)nc1)Nc1ccccc1. The highest BCUT2D eigenvalue weighted by Gasteiger charge is 2.12. The van der Waals surface area contributed by atoms with Crippen LogP contribution in [0.4, 0.5) is 11.5 Å². The van der Waals surface area contributed by atoms with Crippen molar-refractivity contribution >= 4 is 17.5 Å². The van der Waals surface area contributed by atoms with Crippen LogP contribution in [-0.2, 0) is 6.54 Å². The Bertz CT molecular complexity index is 615. The summed E-state index contributed by atoms with van der Waals surface area (Å²) in [6, 6.07) is 13.9. The largest absolute Gasteiger partial charge is 0.370 e. The fraction of sp³-hybridized carbons (Fsp3) is 0.294. The van der Waals surface area contributed by atoms with E-state index < -0.39 is 0 Å². The minimum Gasteiger partial charge on any atom is -0.370 e. The molecule has 0 spiro atoms. The van der Waals surface area contributed by atoms with E-state index in [1.165, 1.54) is 12.8 Å². The average Bonchev–Trinajstić information content (AvgIpc) is 3.09. The molecule has 2 aromatic rings. The molecular weight excluding hydrogens is 274 g/mol. The van der Waals surface area contributed by atoms with Gasteiger partial charge in [-0.25, -0.2) is 9.98 Å². The van der Waals surface area contributed by atoms with Gasteiger partial charge < -0.3 is 16.0 Å². The van der Waals surface area contributed by atoms with Crippen LogP contribution in [0.1, 0.15) is 18.4 Å². The number of nitrogens with two attached hydrogens (primary N) is 1. The number of benzene rings is 1. The molecule has 1 saturated heterocycles. The number of aliphatic imine (C=N–C) groups is 1. The molecule has 114 valence electrons. The van der Waals surface area contributed by atoms with Gasteiger partial charge in [0.2, 0.25) is 0 Å². The molecule has 0 aliphatic carbocycles. The Kier molecular flexibility index (Phi) is 4.53. The molecule has 1 aromatic heterocycles. The molecule has 0 bridgehead atoms. The van der Waals surface area contributed by atoms with Gasteiger partial charge in [-0.3, -0.25) is 0 Å². The predicted octanol–water partition coefficient (Wildman–Crippen LogP) is 2.61. The Labute approximate surface area is 130 Å². The lowest BCUT2D eigenvalue weighted by atomic mass is 10.3. The van der Waals surface area contributed by atoms with Gasteiger partial charge >= 0.3 is 0 Å². The maximum Gasteiger partial charge on any atom is 0.193 e. The minimum absolute atomic E-state index is 0.412. The number of nitrogens with one attached hydrogen (secondary N) is 1. The number of rotatable bonds is 4. The molecule has 0 unspecified atom stereocenters. The second kappa shape index (κ2) is 6.93. The molecule has 0 saturated carbocycles. The third kappa shape index (κ3) is 3.75. The lowest BCUT2D eigenvalue weighted by Crippen LogP contribution is -2.22. The molecule has 5 nitrogen and oxygen atoms in total. The second-order valence-electron chi connectivity index (χ2n) is 5.41. The number of nitrogens with zero attached hydrogens (tertiary/aromatic N) is 3. The van der Waals surface area contributed by atoms with Gasteiger partial charge in [-0.15, -0.1) is 0 Å². The number of aromatic nitrogens is 1. The van der Waals surface area contributed by atoms with Crippen LogP contribution in [0.2, 0.25) is 0 Å². The molecule has 0 radical (unpaired) electrons. The lowest BCUT2D eigenvalue weighted by Gasteiger charge is -2.16. The van der Waals surface area contributed by atoms with Crippen molar-refractivity contribution in [2.24, 2.45) is 10.7 Å². The molecule has 1 aliphatic rings. The van der Waals surface area contributed by atoms with Crippen molar-refractivity contribution in [3.63, 3.8) is 0 Å². The quantitative estimate of drug-likeness (QED) is 0.672. The predicted molar refractivity (Wildman–Crippen MR) is 91.1 cm³/mol. The number of pyridine rings is 1. The molecule has 1 aromatic carbocycles. The van der Waals surface area contributed by atoms with Crippen LogP contribution in [0, 0.1) is 0 Å². The summed E-state index contributed by atoms with van der Waals surface area (Å²) in [5.74, 6) is 1.47. The number of hydrogen-bond acceptors (Lipinski definition) is 3. The monoisotopic (exact) mass is 295 g/mol. The molecule has 3 rings (SSSR count). The number of guanidine groups is 1. The van der Waals surface area contributed by atoms with Gasteiger partial charge in [0.1, 0.15) is 5.82 Å². The standard InChI is InChI=1S/C17H21N5/c18-17(21-15-6-2-1-3-7-15)20-13-14-8-9-16(19-12-14)22-10-4-5-11-22/h1-3,6-9,12H,4-5,10-11,13H2,(H3,18,20,21). The molecule has 3 N–H and O–H groups in total. The average molecular weight is 295 g/mol. The number of para-hydroxylation sites is 1. The van der Waals surface area contributed by atoms with E-state index in [-0.39, 0.29) is 0 Å². The maximum atomic E-state index is 5.89. The molecule has 1 aliphatic heterocycles. The third-order valence-corrected chi connectivity index (χ3v) is 3.72. The van der Waals surface area contributed by atoms with Gasteiger partial charge in [0.25, 0.3) is 0 Å². The van der Waals surface area contributed by atoms with Crippen LogP contribution in [0.5, 0.6) is 0 Å². The van der Waals surface area contributed by atoms with Gasteiger partial charge in [-0.1, -0.05) is 24.3 Å². The first-order chi connectivity index (χ1) is 10.8. The Hall–Kier alpha value is -2.56. The zero-order valence-electron chi connectivity index (χ0n) is 12.6. The van der Waals surface area contributed by atoms with Crippen LogP contribution >= 0.6 is 0 Å². The van der Waals surface area contributed by atoms with Crippen molar-refractivity contribution in [3.05, 3.63) is 54.2 Å². The Morgan fingerprint density at radius 1 is 1.14 bits per heavy atom. The highest BCUT2D eigenvalue weighted by molar-refractivity contribution is 5.92. The van der Waals surface area contributed by atoms with Gasteiger partial charge in [0.15, 0.2) is 5.96 Å².